The average Bonchev–Trinajstić information content (AvgIpc) is 2.48. The monoisotopic (exact) mass is 305 g/mol. The van der Waals surface area contributed by atoms with Gasteiger partial charge in [0.15, 0.2) is 0 Å². The number of carbonyl (C=O) groups excluding carboxylic acids is 1. The molecule has 0 unspecified atom stereocenters. The van der Waals surface area contributed by atoms with E-state index in [0.29, 0.717) is 16.3 Å². The minimum atomic E-state index is -1.09. The third-order valence-electron chi connectivity index (χ3n) is 2.62. The zero-order chi connectivity index (χ0) is 15.2. The van der Waals surface area contributed by atoms with Crippen molar-refractivity contribution in [3.05, 3.63) is 58.9 Å². The van der Waals surface area contributed by atoms with Gasteiger partial charge in [0.1, 0.15) is 5.69 Å². The number of pyridine rings is 1. The number of nitrogens with zero attached hydrogens (tertiary/aromatic N) is 1. The number of benzene rings is 1. The van der Waals surface area contributed by atoms with Crippen LogP contribution in [0.5, 0.6) is 0 Å². The van der Waals surface area contributed by atoms with E-state index in [-0.39, 0.29) is 12.2 Å². The fraction of sp³-hybridized carbons (Fsp3) is 0.0714. The van der Waals surface area contributed by atoms with Gasteiger partial charge in [-0.1, -0.05) is 29.8 Å². The molecule has 6 nitrogen and oxygen atoms in total. The van der Waals surface area contributed by atoms with Crippen LogP contribution < -0.4 is 10.6 Å². The quantitative estimate of drug-likeness (QED) is 0.810. The van der Waals surface area contributed by atoms with Crippen LogP contribution in [0.3, 0.4) is 0 Å². The SMILES string of the molecule is O=C(NCc1ccc(C(=O)O)nc1)Nc1ccccc1Cl. The molecule has 0 aliphatic heterocycles. The second-order valence-corrected chi connectivity index (χ2v) is 4.55. The first-order valence-electron chi connectivity index (χ1n) is 6.04. The number of aromatic nitrogens is 1. The smallest absolute Gasteiger partial charge is 0.354 e. The summed E-state index contributed by atoms with van der Waals surface area (Å²) in [7, 11) is 0. The van der Waals surface area contributed by atoms with Crippen molar-refractivity contribution < 1.29 is 14.7 Å². The Balaban J connectivity index is 1.89. The lowest BCUT2D eigenvalue weighted by Gasteiger charge is -2.08. The fourth-order valence-electron chi connectivity index (χ4n) is 1.57. The molecule has 0 saturated heterocycles. The van der Waals surface area contributed by atoms with Crippen LogP contribution in [0.15, 0.2) is 42.6 Å². The Morgan fingerprint density at radius 3 is 2.57 bits per heavy atom. The van der Waals surface area contributed by atoms with E-state index >= 15 is 0 Å². The molecule has 2 aromatic rings. The largest absolute Gasteiger partial charge is 0.477 e. The first kappa shape index (κ1) is 14.8. The third-order valence-corrected chi connectivity index (χ3v) is 2.95. The molecule has 0 fully saturated rings. The van der Waals surface area contributed by atoms with Crippen molar-refractivity contribution >= 4 is 29.3 Å². The molecule has 1 aromatic heterocycles. The Labute approximate surface area is 125 Å². The van der Waals surface area contributed by atoms with E-state index in [0.717, 1.165) is 0 Å². The molecule has 0 aliphatic rings. The molecule has 0 aliphatic carbocycles. The Kier molecular flexibility index (Phi) is 4.73. The van der Waals surface area contributed by atoms with Gasteiger partial charge in [-0.2, -0.15) is 0 Å². The number of carbonyl (C=O) groups is 2. The molecule has 108 valence electrons. The number of para-hydroxylation sites is 1. The van der Waals surface area contributed by atoms with Gasteiger partial charge in [-0.05, 0) is 23.8 Å². The summed E-state index contributed by atoms with van der Waals surface area (Å²) in [6.45, 7) is 0.225. The van der Waals surface area contributed by atoms with E-state index in [1.54, 1.807) is 30.3 Å². The number of amides is 2. The maximum atomic E-state index is 11.7. The highest BCUT2D eigenvalue weighted by atomic mass is 35.5. The minimum absolute atomic E-state index is 0.0423. The van der Waals surface area contributed by atoms with Gasteiger partial charge < -0.3 is 15.7 Å². The van der Waals surface area contributed by atoms with Crippen molar-refractivity contribution in [1.29, 1.82) is 0 Å². The topological polar surface area (TPSA) is 91.3 Å². The lowest BCUT2D eigenvalue weighted by molar-refractivity contribution is 0.0690. The average molecular weight is 306 g/mol. The van der Waals surface area contributed by atoms with Gasteiger partial charge >= 0.3 is 12.0 Å². The summed E-state index contributed by atoms with van der Waals surface area (Å²) in [5.74, 6) is -1.09. The summed E-state index contributed by atoms with van der Waals surface area (Å²) in [5.41, 5.74) is 1.16. The highest BCUT2D eigenvalue weighted by molar-refractivity contribution is 6.33. The highest BCUT2D eigenvalue weighted by Gasteiger charge is 2.06. The van der Waals surface area contributed by atoms with Crippen molar-refractivity contribution in [2.75, 3.05) is 5.32 Å². The molecule has 21 heavy (non-hydrogen) atoms. The summed E-state index contributed by atoms with van der Waals surface area (Å²) >= 11 is 5.92. The van der Waals surface area contributed by atoms with Crippen LogP contribution in [-0.2, 0) is 6.54 Å². The van der Waals surface area contributed by atoms with Gasteiger partial charge in [0.25, 0.3) is 0 Å². The van der Waals surface area contributed by atoms with Crippen LogP contribution in [-0.4, -0.2) is 22.1 Å². The Morgan fingerprint density at radius 2 is 1.95 bits per heavy atom. The zero-order valence-electron chi connectivity index (χ0n) is 10.8. The van der Waals surface area contributed by atoms with Gasteiger partial charge in [0.05, 0.1) is 10.7 Å². The van der Waals surface area contributed by atoms with E-state index in [4.69, 9.17) is 16.7 Å². The Morgan fingerprint density at radius 1 is 1.19 bits per heavy atom. The summed E-state index contributed by atoms with van der Waals surface area (Å²) in [4.78, 5) is 26.1. The van der Waals surface area contributed by atoms with Gasteiger partial charge in [0, 0.05) is 12.7 Å². The zero-order valence-corrected chi connectivity index (χ0v) is 11.6. The lowest BCUT2D eigenvalue weighted by atomic mass is 10.2. The molecule has 0 atom stereocenters. The standard InChI is InChI=1S/C14H12ClN3O3/c15-10-3-1-2-4-11(10)18-14(21)17-8-9-5-6-12(13(19)20)16-7-9/h1-7H,8H2,(H,19,20)(H2,17,18,21). The molecule has 2 amide bonds. The number of aromatic carboxylic acids is 1. The third kappa shape index (κ3) is 4.19. The van der Waals surface area contributed by atoms with E-state index < -0.39 is 12.0 Å². The first-order valence-corrected chi connectivity index (χ1v) is 6.41. The molecule has 0 radical (unpaired) electrons. The van der Waals surface area contributed by atoms with Crippen LogP contribution in [0.25, 0.3) is 0 Å². The van der Waals surface area contributed by atoms with Crippen molar-refractivity contribution in [2.45, 2.75) is 6.54 Å². The van der Waals surface area contributed by atoms with E-state index in [9.17, 15) is 9.59 Å². The molecule has 1 aromatic carbocycles. The normalized spacial score (nSPS) is 9.95. The number of carboxylic acid groups (broad SMARTS) is 1. The van der Waals surface area contributed by atoms with Gasteiger partial charge in [-0.15, -0.1) is 0 Å². The Bertz CT molecular complexity index is 659. The number of anilines is 1. The van der Waals surface area contributed by atoms with Crippen LogP contribution >= 0.6 is 11.6 Å². The molecule has 7 heteroatoms. The van der Waals surface area contributed by atoms with Crippen molar-refractivity contribution in [3.8, 4) is 0 Å². The summed E-state index contributed by atoms with van der Waals surface area (Å²) in [6, 6.07) is 9.44. The van der Waals surface area contributed by atoms with Gasteiger partial charge in [0.2, 0.25) is 0 Å². The fourth-order valence-corrected chi connectivity index (χ4v) is 1.75. The van der Waals surface area contributed by atoms with Crippen molar-refractivity contribution in [3.63, 3.8) is 0 Å². The predicted octanol–water partition coefficient (Wildman–Crippen LogP) is 2.75. The van der Waals surface area contributed by atoms with E-state index in [1.165, 1.54) is 12.3 Å². The van der Waals surface area contributed by atoms with Crippen LogP contribution in [0.4, 0.5) is 10.5 Å². The molecule has 0 spiro atoms. The number of rotatable bonds is 4. The molecule has 3 N–H and O–H groups in total. The molecular weight excluding hydrogens is 294 g/mol. The summed E-state index contributed by atoms with van der Waals surface area (Å²) in [6.07, 6.45) is 1.40. The number of nitrogens with one attached hydrogen (secondary N) is 2. The predicted molar refractivity (Wildman–Crippen MR) is 78.5 cm³/mol. The number of hydrogen-bond donors (Lipinski definition) is 3. The number of hydrogen-bond acceptors (Lipinski definition) is 3. The van der Waals surface area contributed by atoms with Gasteiger partial charge in [-0.3, -0.25) is 0 Å². The van der Waals surface area contributed by atoms with E-state index in [2.05, 4.69) is 15.6 Å². The Hall–Kier alpha value is -2.60. The molecular formula is C14H12ClN3O3. The van der Waals surface area contributed by atoms with E-state index in [1.807, 2.05) is 0 Å². The van der Waals surface area contributed by atoms with Crippen LogP contribution in [0.2, 0.25) is 5.02 Å². The lowest BCUT2D eigenvalue weighted by Crippen LogP contribution is -2.28. The molecule has 1 heterocycles. The van der Waals surface area contributed by atoms with Crippen LogP contribution in [0, 0.1) is 0 Å². The van der Waals surface area contributed by atoms with Gasteiger partial charge in [-0.25, -0.2) is 14.6 Å². The molecule has 0 saturated carbocycles. The van der Waals surface area contributed by atoms with Crippen LogP contribution in [0.1, 0.15) is 16.1 Å². The number of halogens is 1. The maximum Gasteiger partial charge on any atom is 0.354 e. The minimum Gasteiger partial charge on any atom is -0.477 e. The maximum absolute atomic E-state index is 11.7. The number of urea groups is 1. The van der Waals surface area contributed by atoms with Crippen molar-refractivity contribution in [2.24, 2.45) is 0 Å². The second kappa shape index (κ2) is 6.71. The summed E-state index contributed by atoms with van der Waals surface area (Å²) in [5, 5.41) is 14.4. The molecule has 2 rings (SSSR count). The molecule has 0 bridgehead atoms. The first-order chi connectivity index (χ1) is 10.1. The highest BCUT2D eigenvalue weighted by Crippen LogP contribution is 2.20. The second-order valence-electron chi connectivity index (χ2n) is 4.14. The number of carboxylic acids is 1. The summed E-state index contributed by atoms with van der Waals surface area (Å²) < 4.78 is 0. The van der Waals surface area contributed by atoms with Crippen molar-refractivity contribution in [1.82, 2.24) is 10.3 Å².